The van der Waals surface area contributed by atoms with E-state index in [-0.39, 0.29) is 0 Å². The van der Waals surface area contributed by atoms with Crippen molar-refractivity contribution in [1.29, 1.82) is 0 Å². The molecule has 9 aromatic rings. The standard InChI is InChI=1S/C47H31N/c1-2-14-32(15-3-1)37-20-4-5-21-38(37)33-16-12-18-35(30-33)46-41-23-6-8-25-43(41)47(44-26-9-7-24-42(44)46)36-19-13-17-34(31-36)39-28-29-48-45-27-11-10-22-40(39)45/h1-31H. The Labute approximate surface area is 280 Å². The minimum absolute atomic E-state index is 1.01. The summed E-state index contributed by atoms with van der Waals surface area (Å²) in [5.41, 5.74) is 13.2. The molecule has 0 spiro atoms. The van der Waals surface area contributed by atoms with Gasteiger partial charge in [0.2, 0.25) is 0 Å². The van der Waals surface area contributed by atoms with Crippen LogP contribution in [0.4, 0.5) is 0 Å². The van der Waals surface area contributed by atoms with E-state index in [2.05, 4.69) is 181 Å². The van der Waals surface area contributed by atoms with E-state index in [0.717, 1.165) is 10.9 Å². The van der Waals surface area contributed by atoms with E-state index in [4.69, 9.17) is 0 Å². The number of rotatable bonds is 5. The van der Waals surface area contributed by atoms with Gasteiger partial charge in [0.1, 0.15) is 0 Å². The first-order valence-electron chi connectivity index (χ1n) is 16.5. The topological polar surface area (TPSA) is 12.9 Å². The molecule has 0 aliphatic heterocycles. The third kappa shape index (κ3) is 4.76. The summed E-state index contributed by atoms with van der Waals surface area (Å²) in [5, 5.41) is 6.16. The van der Waals surface area contributed by atoms with Crippen molar-refractivity contribution in [3.8, 4) is 55.6 Å². The monoisotopic (exact) mass is 609 g/mol. The Kier molecular flexibility index (Phi) is 6.87. The van der Waals surface area contributed by atoms with Crippen LogP contribution < -0.4 is 0 Å². The van der Waals surface area contributed by atoms with Gasteiger partial charge in [-0.3, -0.25) is 4.98 Å². The predicted octanol–water partition coefficient (Wildman–Crippen LogP) is 12.9. The van der Waals surface area contributed by atoms with E-state index in [0.29, 0.717) is 0 Å². The van der Waals surface area contributed by atoms with Crippen LogP contribution in [0.2, 0.25) is 0 Å². The molecular weight excluding hydrogens is 579 g/mol. The second-order valence-electron chi connectivity index (χ2n) is 12.3. The average Bonchev–Trinajstić information content (AvgIpc) is 3.17. The van der Waals surface area contributed by atoms with Gasteiger partial charge in [-0.2, -0.15) is 0 Å². The molecule has 0 fully saturated rings. The molecule has 0 atom stereocenters. The molecule has 0 N–H and O–H groups in total. The second-order valence-corrected chi connectivity index (χ2v) is 12.3. The highest BCUT2D eigenvalue weighted by molar-refractivity contribution is 6.21. The molecule has 0 aliphatic rings. The summed E-state index contributed by atoms with van der Waals surface area (Å²) in [6.45, 7) is 0. The summed E-state index contributed by atoms with van der Waals surface area (Å²) in [6, 6.07) is 65.7. The Balaban J connectivity index is 1.26. The van der Waals surface area contributed by atoms with Crippen molar-refractivity contribution in [3.05, 3.63) is 188 Å². The van der Waals surface area contributed by atoms with Crippen LogP contribution >= 0.6 is 0 Å². The van der Waals surface area contributed by atoms with Crippen molar-refractivity contribution in [2.45, 2.75) is 0 Å². The fourth-order valence-corrected chi connectivity index (χ4v) is 7.39. The molecule has 0 saturated heterocycles. The van der Waals surface area contributed by atoms with Crippen molar-refractivity contribution in [2.24, 2.45) is 0 Å². The number of pyridine rings is 1. The van der Waals surface area contributed by atoms with Crippen LogP contribution in [0.25, 0.3) is 88.1 Å². The average molecular weight is 610 g/mol. The first kappa shape index (κ1) is 28.0. The minimum Gasteiger partial charge on any atom is -0.256 e. The van der Waals surface area contributed by atoms with Crippen molar-refractivity contribution in [2.75, 3.05) is 0 Å². The highest BCUT2D eigenvalue weighted by Gasteiger charge is 2.18. The number of nitrogens with zero attached hydrogens (tertiary/aromatic N) is 1. The van der Waals surface area contributed by atoms with Gasteiger partial charge in [0.15, 0.2) is 0 Å². The Hall–Kier alpha value is -6.31. The molecule has 0 saturated carbocycles. The number of fused-ring (bicyclic) bond motifs is 3. The number of benzene rings is 8. The molecular formula is C47H31N. The molecule has 0 bridgehead atoms. The lowest BCUT2D eigenvalue weighted by molar-refractivity contribution is 1.41. The van der Waals surface area contributed by atoms with Crippen LogP contribution in [0.5, 0.6) is 0 Å². The molecule has 0 unspecified atom stereocenters. The molecule has 48 heavy (non-hydrogen) atoms. The van der Waals surface area contributed by atoms with Gasteiger partial charge in [0.05, 0.1) is 5.52 Å². The van der Waals surface area contributed by atoms with Crippen molar-refractivity contribution in [1.82, 2.24) is 4.98 Å². The van der Waals surface area contributed by atoms with Crippen LogP contribution in [-0.4, -0.2) is 4.98 Å². The van der Waals surface area contributed by atoms with Crippen LogP contribution in [0, 0.1) is 0 Å². The molecule has 0 aliphatic carbocycles. The number of hydrogen-bond acceptors (Lipinski definition) is 1. The van der Waals surface area contributed by atoms with Gasteiger partial charge in [0.25, 0.3) is 0 Å². The molecule has 0 amide bonds. The maximum atomic E-state index is 4.61. The Morgan fingerprint density at radius 3 is 1.27 bits per heavy atom. The van der Waals surface area contributed by atoms with E-state index in [1.165, 1.54) is 77.2 Å². The quantitative estimate of drug-likeness (QED) is 0.177. The first-order valence-corrected chi connectivity index (χ1v) is 16.5. The molecule has 1 nitrogen and oxygen atoms in total. The first-order chi connectivity index (χ1) is 23.8. The third-order valence-electron chi connectivity index (χ3n) is 9.52. The SMILES string of the molecule is c1ccc(-c2ccccc2-c2cccc(-c3c4ccccc4c(-c4cccc(-c5ccnc6ccccc56)c4)c4ccccc34)c2)cc1. The van der Waals surface area contributed by atoms with Crippen LogP contribution in [0.1, 0.15) is 0 Å². The smallest absolute Gasteiger partial charge is 0.0708 e. The van der Waals surface area contributed by atoms with Crippen molar-refractivity contribution >= 4 is 32.4 Å². The van der Waals surface area contributed by atoms with E-state index in [1.54, 1.807) is 0 Å². The van der Waals surface area contributed by atoms with Crippen LogP contribution in [0.3, 0.4) is 0 Å². The molecule has 1 heteroatoms. The zero-order valence-corrected chi connectivity index (χ0v) is 26.3. The highest BCUT2D eigenvalue weighted by atomic mass is 14.6. The lowest BCUT2D eigenvalue weighted by Gasteiger charge is -2.19. The summed E-state index contributed by atoms with van der Waals surface area (Å²) in [5.74, 6) is 0. The van der Waals surface area contributed by atoms with Gasteiger partial charge in [-0.05, 0) is 101 Å². The van der Waals surface area contributed by atoms with Crippen molar-refractivity contribution < 1.29 is 0 Å². The summed E-state index contributed by atoms with van der Waals surface area (Å²) >= 11 is 0. The summed E-state index contributed by atoms with van der Waals surface area (Å²) in [6.07, 6.45) is 1.91. The number of para-hydroxylation sites is 1. The zero-order chi connectivity index (χ0) is 31.9. The molecule has 8 aromatic carbocycles. The summed E-state index contributed by atoms with van der Waals surface area (Å²) in [7, 11) is 0. The third-order valence-corrected chi connectivity index (χ3v) is 9.52. The Morgan fingerprint density at radius 2 is 0.688 bits per heavy atom. The lowest BCUT2D eigenvalue weighted by atomic mass is 9.84. The molecule has 0 radical (unpaired) electrons. The van der Waals surface area contributed by atoms with Gasteiger partial charge in [0, 0.05) is 11.6 Å². The number of hydrogen-bond donors (Lipinski definition) is 0. The predicted molar refractivity (Wildman–Crippen MR) is 204 cm³/mol. The Morgan fingerprint density at radius 1 is 0.271 bits per heavy atom. The van der Waals surface area contributed by atoms with E-state index >= 15 is 0 Å². The number of aromatic nitrogens is 1. The second kappa shape index (κ2) is 11.8. The van der Waals surface area contributed by atoms with Crippen LogP contribution in [-0.2, 0) is 0 Å². The van der Waals surface area contributed by atoms with Gasteiger partial charge in [-0.25, -0.2) is 0 Å². The summed E-state index contributed by atoms with van der Waals surface area (Å²) < 4.78 is 0. The van der Waals surface area contributed by atoms with Crippen molar-refractivity contribution in [3.63, 3.8) is 0 Å². The fourth-order valence-electron chi connectivity index (χ4n) is 7.39. The molecule has 224 valence electrons. The Bertz CT molecular complexity index is 2550. The largest absolute Gasteiger partial charge is 0.256 e. The van der Waals surface area contributed by atoms with Gasteiger partial charge in [-0.15, -0.1) is 0 Å². The normalized spacial score (nSPS) is 11.3. The molecule has 1 aromatic heterocycles. The van der Waals surface area contributed by atoms with Crippen LogP contribution in [0.15, 0.2) is 188 Å². The maximum Gasteiger partial charge on any atom is 0.0708 e. The van der Waals surface area contributed by atoms with E-state index in [9.17, 15) is 0 Å². The maximum absolute atomic E-state index is 4.61. The summed E-state index contributed by atoms with van der Waals surface area (Å²) in [4.78, 5) is 4.61. The van der Waals surface area contributed by atoms with Gasteiger partial charge < -0.3 is 0 Å². The fraction of sp³-hybridized carbons (Fsp3) is 0. The van der Waals surface area contributed by atoms with E-state index < -0.39 is 0 Å². The molecule has 1 heterocycles. The lowest BCUT2D eigenvalue weighted by Crippen LogP contribution is -1.92. The zero-order valence-electron chi connectivity index (χ0n) is 26.3. The highest BCUT2D eigenvalue weighted by Crippen LogP contribution is 2.45. The molecule has 9 rings (SSSR count). The minimum atomic E-state index is 1.01. The van der Waals surface area contributed by atoms with E-state index in [1.807, 2.05) is 12.3 Å². The van der Waals surface area contributed by atoms with Gasteiger partial charge in [-0.1, -0.05) is 158 Å². The van der Waals surface area contributed by atoms with Gasteiger partial charge >= 0.3 is 0 Å².